The lowest BCUT2D eigenvalue weighted by Crippen LogP contribution is -2.36. The fourth-order valence-electron chi connectivity index (χ4n) is 2.88. The summed E-state index contributed by atoms with van der Waals surface area (Å²) in [5.74, 6) is -0.496. The van der Waals surface area contributed by atoms with Crippen LogP contribution in [0, 0.1) is 0 Å². The first kappa shape index (κ1) is 20.7. The summed E-state index contributed by atoms with van der Waals surface area (Å²) in [5.41, 5.74) is 6.35. The summed E-state index contributed by atoms with van der Waals surface area (Å²) in [4.78, 5) is 12.5. The van der Waals surface area contributed by atoms with Crippen LogP contribution in [0.25, 0.3) is 5.70 Å². The van der Waals surface area contributed by atoms with Crippen molar-refractivity contribution in [1.82, 2.24) is 15.2 Å². The highest BCUT2D eigenvalue weighted by atomic mass is 35.5. The van der Waals surface area contributed by atoms with Gasteiger partial charge in [0.25, 0.3) is 5.91 Å². The van der Waals surface area contributed by atoms with Gasteiger partial charge in [-0.1, -0.05) is 35.8 Å². The zero-order chi connectivity index (χ0) is 20.3. The van der Waals surface area contributed by atoms with Crippen LogP contribution in [0.3, 0.4) is 0 Å². The van der Waals surface area contributed by atoms with Gasteiger partial charge in [-0.15, -0.1) is 0 Å². The second-order valence-electron chi connectivity index (χ2n) is 6.32. The third-order valence-corrected chi connectivity index (χ3v) is 6.82. The average molecular weight is 440 g/mol. The van der Waals surface area contributed by atoms with Crippen molar-refractivity contribution < 1.29 is 13.2 Å². The largest absolute Gasteiger partial charge is 0.298 e. The van der Waals surface area contributed by atoms with Gasteiger partial charge in [0.15, 0.2) is 0 Å². The van der Waals surface area contributed by atoms with E-state index in [4.69, 9.17) is 23.2 Å². The van der Waals surface area contributed by atoms with Crippen LogP contribution < -0.4 is 10.9 Å². The number of benzene rings is 2. The van der Waals surface area contributed by atoms with Crippen molar-refractivity contribution in [3.05, 3.63) is 70.2 Å². The molecule has 1 heterocycles. The van der Waals surface area contributed by atoms with Crippen LogP contribution in [0.4, 0.5) is 0 Å². The normalized spacial score (nSPS) is 14.6. The van der Waals surface area contributed by atoms with Crippen LogP contribution >= 0.6 is 23.2 Å². The summed E-state index contributed by atoms with van der Waals surface area (Å²) in [5, 5.41) is 0.875. The van der Waals surface area contributed by atoms with Crippen LogP contribution in [-0.4, -0.2) is 31.7 Å². The molecule has 0 aliphatic carbocycles. The topological polar surface area (TPSA) is 78.5 Å². The average Bonchev–Trinajstić information content (AvgIpc) is 3.21. The fraction of sp³-hybridized carbons (Fsp3) is 0.211. The molecule has 0 bridgehead atoms. The lowest BCUT2D eigenvalue weighted by molar-refractivity contribution is 0.0942. The standard InChI is InChI=1S/C19H19Cl2N3O3S/c1-13(17-8-7-15(20)12-18(17)21)22-23-19(25)14-5-4-6-16(11-14)28(26,27)24-9-2-3-10-24/h4-8,11-12,22H,1-3,9-10H2,(H,23,25). The highest BCUT2D eigenvalue weighted by molar-refractivity contribution is 7.89. The summed E-state index contributed by atoms with van der Waals surface area (Å²) < 4.78 is 26.8. The first-order valence-electron chi connectivity index (χ1n) is 8.60. The molecule has 2 N–H and O–H groups in total. The maximum absolute atomic E-state index is 12.7. The van der Waals surface area contributed by atoms with Crippen LogP contribution in [0.5, 0.6) is 0 Å². The minimum absolute atomic E-state index is 0.0987. The second kappa shape index (κ2) is 8.53. The number of sulfonamides is 1. The Labute approximate surface area is 174 Å². The van der Waals surface area contributed by atoms with Crippen LogP contribution in [-0.2, 0) is 10.0 Å². The van der Waals surface area contributed by atoms with Crippen molar-refractivity contribution in [1.29, 1.82) is 0 Å². The second-order valence-corrected chi connectivity index (χ2v) is 9.10. The molecule has 0 saturated carbocycles. The Bertz CT molecular complexity index is 1020. The van der Waals surface area contributed by atoms with Gasteiger partial charge in [0.2, 0.25) is 10.0 Å². The highest BCUT2D eigenvalue weighted by Gasteiger charge is 2.27. The zero-order valence-corrected chi connectivity index (χ0v) is 17.2. The molecule has 1 amide bonds. The maximum Gasteiger partial charge on any atom is 0.269 e. The van der Waals surface area contributed by atoms with Crippen molar-refractivity contribution >= 4 is 44.8 Å². The number of hydrogen-bond acceptors (Lipinski definition) is 4. The quantitative estimate of drug-likeness (QED) is 0.672. The van der Waals surface area contributed by atoms with Crippen LogP contribution in [0.2, 0.25) is 10.0 Å². The van der Waals surface area contributed by atoms with E-state index in [1.165, 1.54) is 22.5 Å². The van der Waals surface area contributed by atoms with Gasteiger partial charge < -0.3 is 0 Å². The molecule has 1 aliphatic rings. The van der Waals surface area contributed by atoms with Gasteiger partial charge in [0.1, 0.15) is 0 Å². The Kier molecular flexibility index (Phi) is 6.30. The van der Waals surface area contributed by atoms with Crippen LogP contribution in [0.1, 0.15) is 28.8 Å². The number of hydrogen-bond donors (Lipinski definition) is 2. The van der Waals surface area contributed by atoms with E-state index in [0.717, 1.165) is 12.8 Å². The molecule has 6 nitrogen and oxygen atoms in total. The molecule has 1 aliphatic heterocycles. The molecule has 2 aromatic rings. The predicted molar refractivity (Wildman–Crippen MR) is 111 cm³/mol. The predicted octanol–water partition coefficient (Wildman–Crippen LogP) is 3.68. The summed E-state index contributed by atoms with van der Waals surface area (Å²) in [6.45, 7) is 4.84. The van der Waals surface area contributed by atoms with Gasteiger partial charge in [-0.3, -0.25) is 15.6 Å². The Morgan fingerprint density at radius 3 is 2.43 bits per heavy atom. The van der Waals surface area contributed by atoms with Crippen molar-refractivity contribution in [2.75, 3.05) is 13.1 Å². The van der Waals surface area contributed by atoms with Gasteiger partial charge in [-0.2, -0.15) is 4.31 Å². The van der Waals surface area contributed by atoms with E-state index < -0.39 is 15.9 Å². The third kappa shape index (κ3) is 4.50. The summed E-state index contributed by atoms with van der Waals surface area (Å²) in [7, 11) is -3.59. The summed E-state index contributed by atoms with van der Waals surface area (Å²) in [6.07, 6.45) is 1.69. The van der Waals surface area contributed by atoms with E-state index in [9.17, 15) is 13.2 Å². The number of rotatable bonds is 6. The molecule has 1 fully saturated rings. The van der Waals surface area contributed by atoms with Crippen molar-refractivity contribution in [3.8, 4) is 0 Å². The molecule has 9 heteroatoms. The number of halogens is 2. The maximum atomic E-state index is 12.7. The minimum atomic E-state index is -3.59. The fourth-order valence-corrected chi connectivity index (χ4v) is 4.97. The van der Waals surface area contributed by atoms with Gasteiger partial charge in [0.05, 0.1) is 15.6 Å². The van der Waals surface area contributed by atoms with E-state index in [0.29, 0.717) is 34.4 Å². The molecule has 1 saturated heterocycles. The molecular formula is C19H19Cl2N3O3S. The van der Waals surface area contributed by atoms with Crippen LogP contribution in [0.15, 0.2) is 53.9 Å². The lowest BCUT2D eigenvalue weighted by atomic mass is 10.2. The van der Waals surface area contributed by atoms with Gasteiger partial charge >= 0.3 is 0 Å². The van der Waals surface area contributed by atoms with Gasteiger partial charge in [-0.05, 0) is 49.2 Å². The Balaban J connectivity index is 1.70. The molecule has 0 atom stereocenters. The minimum Gasteiger partial charge on any atom is -0.298 e. The smallest absolute Gasteiger partial charge is 0.269 e. The third-order valence-electron chi connectivity index (χ3n) is 4.38. The zero-order valence-electron chi connectivity index (χ0n) is 14.9. The van der Waals surface area contributed by atoms with Crippen molar-refractivity contribution in [3.63, 3.8) is 0 Å². The molecule has 0 unspecified atom stereocenters. The molecular weight excluding hydrogens is 421 g/mol. The summed E-state index contributed by atoms with van der Waals surface area (Å²) >= 11 is 12.0. The number of carbonyl (C=O) groups is 1. The monoisotopic (exact) mass is 439 g/mol. The van der Waals surface area contributed by atoms with E-state index in [-0.39, 0.29) is 10.5 Å². The molecule has 28 heavy (non-hydrogen) atoms. The number of nitrogens with zero attached hydrogens (tertiary/aromatic N) is 1. The molecule has 148 valence electrons. The van der Waals surface area contributed by atoms with Gasteiger partial charge in [0, 0.05) is 29.2 Å². The van der Waals surface area contributed by atoms with Crippen molar-refractivity contribution in [2.24, 2.45) is 0 Å². The Morgan fingerprint density at radius 1 is 1.04 bits per heavy atom. The first-order valence-corrected chi connectivity index (χ1v) is 10.8. The van der Waals surface area contributed by atoms with E-state index in [1.807, 2.05) is 0 Å². The molecule has 0 aromatic heterocycles. The Morgan fingerprint density at radius 2 is 1.75 bits per heavy atom. The Hall–Kier alpha value is -2.06. The highest BCUT2D eigenvalue weighted by Crippen LogP contribution is 2.25. The number of nitrogens with one attached hydrogen (secondary N) is 2. The number of amides is 1. The molecule has 2 aromatic carbocycles. The molecule has 3 rings (SSSR count). The summed E-state index contributed by atoms with van der Waals surface area (Å²) in [6, 6.07) is 10.8. The van der Waals surface area contributed by atoms with E-state index in [1.54, 1.807) is 24.3 Å². The van der Waals surface area contributed by atoms with E-state index in [2.05, 4.69) is 17.4 Å². The molecule has 0 radical (unpaired) electrons. The van der Waals surface area contributed by atoms with Gasteiger partial charge in [-0.25, -0.2) is 8.42 Å². The molecule has 0 spiro atoms. The van der Waals surface area contributed by atoms with Crippen molar-refractivity contribution in [2.45, 2.75) is 17.7 Å². The lowest BCUT2D eigenvalue weighted by Gasteiger charge is -2.16. The SMILES string of the molecule is C=C(NNC(=O)c1cccc(S(=O)(=O)N2CCCC2)c1)c1ccc(Cl)cc1Cl. The number of carbonyl (C=O) groups excluding carboxylic acids is 1. The number of hydrazine groups is 1. The first-order chi connectivity index (χ1) is 13.3. The van der Waals surface area contributed by atoms with E-state index >= 15 is 0 Å².